The molecule has 4 saturated carbocycles. The van der Waals surface area contributed by atoms with Gasteiger partial charge in [0, 0.05) is 13.0 Å². The summed E-state index contributed by atoms with van der Waals surface area (Å²) >= 11 is 0. The van der Waals surface area contributed by atoms with Gasteiger partial charge in [0.2, 0.25) is 0 Å². The highest BCUT2D eigenvalue weighted by Crippen LogP contribution is 2.68. The maximum Gasteiger partial charge on any atom is 0.407 e. The van der Waals surface area contributed by atoms with Crippen LogP contribution in [0.2, 0.25) is 0 Å². The number of fused-ring (bicyclic) bond motifs is 5. The van der Waals surface area contributed by atoms with Crippen molar-refractivity contribution in [2.75, 3.05) is 27.2 Å². The minimum absolute atomic E-state index is 0.0431. The zero-order valence-electron chi connectivity index (χ0n) is 28.1. The molecular weight excluding hydrogens is 504 g/mol. The van der Waals surface area contributed by atoms with Crippen LogP contribution in [0, 0.1) is 57.7 Å². The molecule has 10 atom stereocenters. The first-order chi connectivity index (χ1) is 19.4. The van der Waals surface area contributed by atoms with Crippen LogP contribution in [0.4, 0.5) is 4.79 Å². The summed E-state index contributed by atoms with van der Waals surface area (Å²) in [6.07, 6.45) is 19.1. The van der Waals surface area contributed by atoms with Gasteiger partial charge in [-0.25, -0.2) is 4.79 Å². The third-order valence-electron chi connectivity index (χ3n) is 14.1. The zero-order chi connectivity index (χ0) is 29.6. The summed E-state index contributed by atoms with van der Waals surface area (Å²) in [5, 5.41) is 3.00. The minimum atomic E-state index is -0.215. The van der Waals surface area contributed by atoms with Crippen molar-refractivity contribution >= 4 is 6.09 Å². The number of ether oxygens (including phenoxy) is 1. The molecule has 0 spiro atoms. The quantitative estimate of drug-likeness (QED) is 0.200. The summed E-state index contributed by atoms with van der Waals surface area (Å²) in [5.74, 6) is 6.12. The third-order valence-corrected chi connectivity index (χ3v) is 14.1. The molecular formula is C37H64N2O2. The number of allylic oxidation sites excluding steroid dienone is 1. The maximum absolute atomic E-state index is 12.5. The Hall–Kier alpha value is -1.03. The van der Waals surface area contributed by atoms with E-state index in [9.17, 15) is 4.79 Å². The molecule has 0 aromatic rings. The maximum atomic E-state index is 12.5. The van der Waals surface area contributed by atoms with Gasteiger partial charge in [0.1, 0.15) is 6.10 Å². The van der Waals surface area contributed by atoms with E-state index >= 15 is 0 Å². The average molecular weight is 569 g/mol. The van der Waals surface area contributed by atoms with Crippen LogP contribution in [0.1, 0.15) is 125 Å². The zero-order valence-corrected chi connectivity index (χ0v) is 28.1. The topological polar surface area (TPSA) is 41.6 Å². The van der Waals surface area contributed by atoms with E-state index < -0.39 is 0 Å². The normalized spacial score (nSPS) is 42.2. The van der Waals surface area contributed by atoms with Crippen molar-refractivity contribution in [3.05, 3.63) is 11.6 Å². The van der Waals surface area contributed by atoms with Crippen LogP contribution in [-0.2, 0) is 4.74 Å². The lowest BCUT2D eigenvalue weighted by Gasteiger charge is -2.58. The Morgan fingerprint density at radius 2 is 1.83 bits per heavy atom. The molecule has 0 aromatic carbocycles. The minimum Gasteiger partial charge on any atom is -0.446 e. The van der Waals surface area contributed by atoms with Gasteiger partial charge in [-0.1, -0.05) is 53.2 Å². The monoisotopic (exact) mass is 568 g/mol. The van der Waals surface area contributed by atoms with Gasteiger partial charge >= 0.3 is 6.09 Å². The number of hydrogen-bond donors (Lipinski definition) is 1. The fourth-order valence-corrected chi connectivity index (χ4v) is 11.3. The predicted octanol–water partition coefficient (Wildman–Crippen LogP) is 9.10. The lowest BCUT2D eigenvalue weighted by atomic mass is 9.47. The standard InChI is InChI=1S/C37H64N2O2/c1-25(2)37(24-27(37)4)20-15-26(3)31-13-14-32-30-12-11-28-23-29(41-34(40)38-21-9-10-22-39(7)8)16-18-35(28,5)33(30)17-19-36(31,32)6/h11,25-27,29-33H,9-10,12-24H2,1-8H3,(H,38,40)/t26-,27?,29+,30+,31-,32+,33+,35+,36-,37?/m1/s1. The molecule has 1 N–H and O–H groups in total. The highest BCUT2D eigenvalue weighted by atomic mass is 16.6. The van der Waals surface area contributed by atoms with Crippen molar-refractivity contribution in [2.45, 2.75) is 131 Å². The number of alkyl carbamates (subject to hydrolysis) is 1. The van der Waals surface area contributed by atoms with Gasteiger partial charge in [-0.2, -0.15) is 0 Å². The molecule has 4 heteroatoms. The molecule has 0 saturated heterocycles. The van der Waals surface area contributed by atoms with Crippen molar-refractivity contribution in [1.29, 1.82) is 0 Å². The number of hydrogen-bond acceptors (Lipinski definition) is 3. The van der Waals surface area contributed by atoms with E-state index in [1.807, 2.05) is 0 Å². The van der Waals surface area contributed by atoms with Crippen molar-refractivity contribution in [2.24, 2.45) is 57.7 Å². The largest absolute Gasteiger partial charge is 0.446 e. The van der Waals surface area contributed by atoms with E-state index in [1.54, 1.807) is 5.57 Å². The lowest BCUT2D eigenvalue weighted by molar-refractivity contribution is -0.0584. The van der Waals surface area contributed by atoms with Crippen molar-refractivity contribution in [1.82, 2.24) is 10.2 Å². The van der Waals surface area contributed by atoms with Gasteiger partial charge in [0.25, 0.3) is 0 Å². The van der Waals surface area contributed by atoms with Gasteiger partial charge in [-0.05, 0) is 155 Å². The molecule has 5 aliphatic carbocycles. The molecule has 0 aliphatic heterocycles. The van der Waals surface area contributed by atoms with Crippen LogP contribution in [0.15, 0.2) is 11.6 Å². The Morgan fingerprint density at radius 1 is 1.07 bits per heavy atom. The first-order valence-corrected chi connectivity index (χ1v) is 17.7. The summed E-state index contributed by atoms with van der Waals surface area (Å²) in [4.78, 5) is 14.7. The first-order valence-electron chi connectivity index (χ1n) is 17.7. The summed E-state index contributed by atoms with van der Waals surface area (Å²) in [6, 6.07) is 0. The Bertz CT molecular complexity index is 959. The van der Waals surface area contributed by atoms with Crippen LogP contribution in [0.5, 0.6) is 0 Å². The van der Waals surface area contributed by atoms with Gasteiger partial charge in [0.05, 0.1) is 0 Å². The number of nitrogens with zero attached hydrogens (tertiary/aromatic N) is 1. The summed E-state index contributed by atoms with van der Waals surface area (Å²) in [6.45, 7) is 17.1. The number of carbonyl (C=O) groups is 1. The fourth-order valence-electron chi connectivity index (χ4n) is 11.3. The van der Waals surface area contributed by atoms with Crippen LogP contribution in [0.25, 0.3) is 0 Å². The SMILES string of the molecule is CC(C)C1(CC[C@@H](C)[C@H]2CC[C@H]3[C@@H]4CC=C5C[C@@H](OC(=O)NCCCCN(C)C)CC[C@]5(C)[C@H]4CC[C@]23C)CC1C. The molecule has 0 aromatic heterocycles. The Morgan fingerprint density at radius 3 is 2.51 bits per heavy atom. The number of amides is 1. The molecule has 0 radical (unpaired) electrons. The molecule has 4 fully saturated rings. The molecule has 5 aliphatic rings. The first kappa shape index (κ1) is 31.4. The molecule has 1 amide bonds. The number of unbranched alkanes of at least 4 members (excludes halogenated alkanes) is 1. The van der Waals surface area contributed by atoms with Gasteiger partial charge < -0.3 is 15.0 Å². The highest BCUT2D eigenvalue weighted by Gasteiger charge is 2.60. The van der Waals surface area contributed by atoms with E-state index in [1.165, 1.54) is 57.8 Å². The second kappa shape index (κ2) is 12.2. The van der Waals surface area contributed by atoms with E-state index in [2.05, 4.69) is 71.9 Å². The molecule has 234 valence electrons. The summed E-state index contributed by atoms with van der Waals surface area (Å²) in [5.41, 5.74) is 3.10. The van der Waals surface area contributed by atoms with Crippen molar-refractivity contribution in [3.8, 4) is 0 Å². The second-order valence-corrected chi connectivity index (χ2v) is 16.7. The van der Waals surface area contributed by atoms with Crippen LogP contribution < -0.4 is 5.32 Å². The van der Waals surface area contributed by atoms with E-state index in [0.717, 1.165) is 73.7 Å². The molecule has 5 rings (SSSR count). The van der Waals surface area contributed by atoms with Crippen molar-refractivity contribution < 1.29 is 9.53 Å². The number of nitrogens with one attached hydrogen (secondary N) is 1. The lowest BCUT2D eigenvalue weighted by Crippen LogP contribution is -2.51. The predicted molar refractivity (Wildman–Crippen MR) is 171 cm³/mol. The molecule has 2 unspecified atom stereocenters. The Labute approximate surface area is 253 Å². The Kier molecular flexibility index (Phi) is 9.31. The summed E-state index contributed by atoms with van der Waals surface area (Å²) < 4.78 is 5.95. The smallest absolute Gasteiger partial charge is 0.407 e. The van der Waals surface area contributed by atoms with E-state index in [0.29, 0.717) is 22.8 Å². The van der Waals surface area contributed by atoms with Crippen LogP contribution in [-0.4, -0.2) is 44.3 Å². The van der Waals surface area contributed by atoms with Crippen molar-refractivity contribution in [3.63, 3.8) is 0 Å². The average Bonchev–Trinajstić information content (AvgIpc) is 3.45. The summed E-state index contributed by atoms with van der Waals surface area (Å²) in [7, 11) is 4.19. The number of rotatable bonds is 11. The second-order valence-electron chi connectivity index (χ2n) is 16.7. The molecule has 4 nitrogen and oxygen atoms in total. The van der Waals surface area contributed by atoms with Gasteiger partial charge in [-0.15, -0.1) is 0 Å². The van der Waals surface area contributed by atoms with Gasteiger partial charge in [0.15, 0.2) is 0 Å². The van der Waals surface area contributed by atoms with Gasteiger partial charge in [-0.3, -0.25) is 0 Å². The highest BCUT2D eigenvalue weighted by molar-refractivity contribution is 5.67. The molecule has 41 heavy (non-hydrogen) atoms. The number of carbonyl (C=O) groups excluding carboxylic acids is 1. The fraction of sp³-hybridized carbons (Fsp3) is 0.919. The third kappa shape index (κ3) is 6.03. The molecule has 0 bridgehead atoms. The van der Waals surface area contributed by atoms with E-state index in [-0.39, 0.29) is 12.2 Å². The van der Waals surface area contributed by atoms with Crippen LogP contribution in [0.3, 0.4) is 0 Å². The van der Waals surface area contributed by atoms with Crippen LogP contribution >= 0.6 is 0 Å². The Balaban J connectivity index is 1.16. The molecule has 0 heterocycles. The van der Waals surface area contributed by atoms with E-state index in [4.69, 9.17) is 4.74 Å².